The molecular formula is C16H12N2O5. The first kappa shape index (κ1) is 14.6. The van der Waals surface area contributed by atoms with Gasteiger partial charge in [-0.3, -0.25) is 4.79 Å². The van der Waals surface area contributed by atoms with E-state index < -0.39 is 11.5 Å². The maximum absolute atomic E-state index is 11.8. The predicted octanol–water partition coefficient (Wildman–Crippen LogP) is 2.25. The maximum atomic E-state index is 11.8. The summed E-state index contributed by atoms with van der Waals surface area (Å²) in [5.74, 6) is -0.536. The zero-order valence-corrected chi connectivity index (χ0v) is 12.1. The van der Waals surface area contributed by atoms with E-state index in [9.17, 15) is 14.7 Å². The molecular weight excluding hydrogens is 300 g/mol. The standard InChI is InChI=1S/C16H12N2O5/c1-9(17-18-16(21)12-3-2-8-22-12)14-11(19)6-4-10-5-7-13(20)23-15(10)14/h2-8,19H,1H3,(H,18,21)/b17-9+. The Morgan fingerprint density at radius 1 is 1.22 bits per heavy atom. The minimum Gasteiger partial charge on any atom is -0.507 e. The highest BCUT2D eigenvalue weighted by Gasteiger charge is 2.14. The maximum Gasteiger partial charge on any atom is 0.336 e. The highest BCUT2D eigenvalue weighted by Crippen LogP contribution is 2.26. The van der Waals surface area contributed by atoms with E-state index in [0.29, 0.717) is 5.39 Å². The Labute approximate surface area is 129 Å². The lowest BCUT2D eigenvalue weighted by molar-refractivity contribution is 0.0927. The molecule has 3 rings (SSSR count). The van der Waals surface area contributed by atoms with Gasteiger partial charge in [0, 0.05) is 11.5 Å². The van der Waals surface area contributed by atoms with E-state index in [-0.39, 0.29) is 28.4 Å². The average Bonchev–Trinajstić information content (AvgIpc) is 3.06. The van der Waals surface area contributed by atoms with Crippen LogP contribution in [0, 0.1) is 0 Å². The number of hydrogen-bond acceptors (Lipinski definition) is 6. The molecule has 0 unspecified atom stereocenters. The molecule has 23 heavy (non-hydrogen) atoms. The largest absolute Gasteiger partial charge is 0.507 e. The molecule has 0 bridgehead atoms. The molecule has 0 aliphatic heterocycles. The summed E-state index contributed by atoms with van der Waals surface area (Å²) in [6, 6.07) is 9.02. The number of fused-ring (bicyclic) bond motifs is 1. The fourth-order valence-corrected chi connectivity index (χ4v) is 2.13. The number of aromatic hydroxyl groups is 1. The van der Waals surface area contributed by atoms with E-state index in [2.05, 4.69) is 10.5 Å². The van der Waals surface area contributed by atoms with Crippen molar-refractivity contribution in [3.05, 3.63) is 64.4 Å². The summed E-state index contributed by atoms with van der Waals surface area (Å²) in [4.78, 5) is 23.2. The van der Waals surface area contributed by atoms with Gasteiger partial charge < -0.3 is 13.9 Å². The van der Waals surface area contributed by atoms with Gasteiger partial charge in [-0.25, -0.2) is 10.2 Å². The number of carbonyl (C=O) groups is 1. The number of nitrogens with zero attached hydrogens (tertiary/aromatic N) is 1. The van der Waals surface area contributed by atoms with Gasteiger partial charge in [-0.05, 0) is 37.3 Å². The number of hydrogen-bond donors (Lipinski definition) is 2. The lowest BCUT2D eigenvalue weighted by Gasteiger charge is -2.07. The van der Waals surface area contributed by atoms with Gasteiger partial charge in [-0.2, -0.15) is 5.10 Å². The average molecular weight is 312 g/mol. The van der Waals surface area contributed by atoms with Crippen LogP contribution in [0.3, 0.4) is 0 Å². The van der Waals surface area contributed by atoms with E-state index in [1.165, 1.54) is 24.5 Å². The van der Waals surface area contributed by atoms with Crippen molar-refractivity contribution in [2.75, 3.05) is 0 Å². The molecule has 2 N–H and O–H groups in total. The molecule has 116 valence electrons. The Hall–Kier alpha value is -3.35. The first-order valence-corrected chi connectivity index (χ1v) is 6.70. The van der Waals surface area contributed by atoms with E-state index in [4.69, 9.17) is 8.83 Å². The molecule has 2 aromatic heterocycles. The SMILES string of the molecule is C/C(=N\NC(=O)c1ccco1)c1c(O)ccc2ccc(=O)oc12. The van der Waals surface area contributed by atoms with Crippen molar-refractivity contribution < 1.29 is 18.7 Å². The zero-order chi connectivity index (χ0) is 16.4. The fourth-order valence-electron chi connectivity index (χ4n) is 2.13. The topological polar surface area (TPSA) is 105 Å². The lowest BCUT2D eigenvalue weighted by Crippen LogP contribution is -2.18. The van der Waals surface area contributed by atoms with Gasteiger partial charge >= 0.3 is 11.5 Å². The van der Waals surface area contributed by atoms with E-state index in [0.717, 1.165) is 0 Å². The van der Waals surface area contributed by atoms with Crippen LogP contribution in [0.1, 0.15) is 23.0 Å². The second-order valence-corrected chi connectivity index (χ2v) is 4.75. The van der Waals surface area contributed by atoms with Gasteiger partial charge in [0.25, 0.3) is 0 Å². The summed E-state index contributed by atoms with van der Waals surface area (Å²) in [6.45, 7) is 1.57. The van der Waals surface area contributed by atoms with E-state index >= 15 is 0 Å². The van der Waals surface area contributed by atoms with Crippen molar-refractivity contribution in [1.82, 2.24) is 5.43 Å². The van der Waals surface area contributed by atoms with Crippen molar-refractivity contribution >= 4 is 22.6 Å². The number of furan rings is 1. The fraction of sp³-hybridized carbons (Fsp3) is 0.0625. The molecule has 0 saturated carbocycles. The third-order valence-corrected chi connectivity index (χ3v) is 3.20. The minimum atomic E-state index is -0.545. The van der Waals surface area contributed by atoms with Crippen molar-refractivity contribution in [2.24, 2.45) is 5.10 Å². The number of phenols is 1. The van der Waals surface area contributed by atoms with Crippen LogP contribution in [0.4, 0.5) is 0 Å². The third kappa shape index (κ3) is 2.84. The monoisotopic (exact) mass is 312 g/mol. The molecule has 0 fully saturated rings. The highest BCUT2D eigenvalue weighted by atomic mass is 16.4. The number of carbonyl (C=O) groups excluding carboxylic acids is 1. The molecule has 0 radical (unpaired) electrons. The molecule has 1 aromatic carbocycles. The molecule has 0 spiro atoms. The molecule has 7 heteroatoms. The smallest absolute Gasteiger partial charge is 0.336 e. The number of benzene rings is 1. The summed E-state index contributed by atoms with van der Waals surface area (Å²) < 4.78 is 10.1. The number of hydrazone groups is 1. The first-order valence-electron chi connectivity index (χ1n) is 6.70. The third-order valence-electron chi connectivity index (χ3n) is 3.20. The molecule has 0 saturated heterocycles. The van der Waals surface area contributed by atoms with Gasteiger partial charge in [-0.1, -0.05) is 0 Å². The van der Waals surface area contributed by atoms with Crippen molar-refractivity contribution in [2.45, 2.75) is 6.92 Å². The van der Waals surface area contributed by atoms with Gasteiger partial charge in [0.2, 0.25) is 0 Å². The molecule has 0 atom stereocenters. The van der Waals surface area contributed by atoms with E-state index in [1.807, 2.05) is 0 Å². The summed E-state index contributed by atoms with van der Waals surface area (Å²) >= 11 is 0. The summed E-state index contributed by atoms with van der Waals surface area (Å²) in [5.41, 5.74) is 2.49. The summed E-state index contributed by atoms with van der Waals surface area (Å²) in [5, 5.41) is 14.6. The number of nitrogens with one attached hydrogen (secondary N) is 1. The second kappa shape index (κ2) is 5.80. The zero-order valence-electron chi connectivity index (χ0n) is 12.1. The van der Waals surface area contributed by atoms with Gasteiger partial charge in [0.05, 0.1) is 17.5 Å². The van der Waals surface area contributed by atoms with Crippen molar-refractivity contribution in [3.8, 4) is 5.75 Å². The van der Waals surface area contributed by atoms with Gasteiger partial charge in [-0.15, -0.1) is 0 Å². The van der Waals surface area contributed by atoms with Crippen molar-refractivity contribution in [3.63, 3.8) is 0 Å². The van der Waals surface area contributed by atoms with Crippen LogP contribution in [0.25, 0.3) is 11.0 Å². The molecule has 1 amide bonds. The molecule has 0 aliphatic carbocycles. The first-order chi connectivity index (χ1) is 11.1. The Bertz CT molecular complexity index is 954. The van der Waals surface area contributed by atoms with Crippen LogP contribution in [0.5, 0.6) is 5.75 Å². The minimum absolute atomic E-state index is 0.107. The van der Waals surface area contributed by atoms with Crippen LogP contribution >= 0.6 is 0 Å². The highest BCUT2D eigenvalue weighted by molar-refractivity contribution is 6.10. The molecule has 0 aliphatic rings. The Morgan fingerprint density at radius 2 is 2.00 bits per heavy atom. The molecule has 2 heterocycles. The van der Waals surface area contributed by atoms with Crippen LogP contribution < -0.4 is 11.1 Å². The Kier molecular flexibility index (Phi) is 3.68. The van der Waals surface area contributed by atoms with Gasteiger partial charge in [0.15, 0.2) is 11.3 Å². The predicted molar refractivity (Wildman–Crippen MR) is 82.5 cm³/mol. The quantitative estimate of drug-likeness (QED) is 0.438. The Balaban J connectivity index is 2.00. The van der Waals surface area contributed by atoms with Crippen LogP contribution in [0.2, 0.25) is 0 Å². The van der Waals surface area contributed by atoms with Gasteiger partial charge in [0.1, 0.15) is 5.75 Å². The van der Waals surface area contributed by atoms with Crippen molar-refractivity contribution in [1.29, 1.82) is 0 Å². The van der Waals surface area contributed by atoms with Crippen LogP contribution in [-0.2, 0) is 0 Å². The number of rotatable bonds is 3. The summed E-state index contributed by atoms with van der Waals surface area (Å²) in [7, 11) is 0. The normalized spacial score (nSPS) is 11.6. The lowest BCUT2D eigenvalue weighted by atomic mass is 10.1. The molecule has 7 nitrogen and oxygen atoms in total. The second-order valence-electron chi connectivity index (χ2n) is 4.75. The number of amides is 1. The van der Waals surface area contributed by atoms with Crippen LogP contribution in [0.15, 0.2) is 61.4 Å². The summed E-state index contributed by atoms with van der Waals surface area (Å²) in [6.07, 6.45) is 1.37. The Morgan fingerprint density at radius 3 is 2.74 bits per heavy atom. The number of phenolic OH excluding ortho intramolecular Hbond substituents is 1. The molecule has 3 aromatic rings. The van der Waals surface area contributed by atoms with E-state index in [1.54, 1.807) is 25.1 Å². The van der Waals surface area contributed by atoms with Crippen LogP contribution in [-0.4, -0.2) is 16.7 Å².